The third-order valence-corrected chi connectivity index (χ3v) is 3.88. The Morgan fingerprint density at radius 3 is 2.32 bits per heavy atom. The lowest BCUT2D eigenvalue weighted by Crippen LogP contribution is -2.42. The van der Waals surface area contributed by atoms with E-state index in [0.29, 0.717) is 18.0 Å². The highest BCUT2D eigenvalue weighted by atomic mass is 32.2. The van der Waals surface area contributed by atoms with Crippen LogP contribution in [0.2, 0.25) is 0 Å². The van der Waals surface area contributed by atoms with Crippen molar-refractivity contribution in [2.75, 3.05) is 23.7 Å². The SMILES string of the molecule is CCCOc1ccc(N(CC(=O)NC(C)C)S(C)(=O)=O)cc1. The summed E-state index contributed by atoms with van der Waals surface area (Å²) in [6, 6.07) is 6.62. The van der Waals surface area contributed by atoms with Gasteiger partial charge >= 0.3 is 0 Å². The molecule has 0 radical (unpaired) electrons. The second kappa shape index (κ2) is 8.03. The van der Waals surface area contributed by atoms with Crippen molar-refractivity contribution >= 4 is 21.6 Å². The van der Waals surface area contributed by atoms with Gasteiger partial charge in [-0.1, -0.05) is 6.92 Å². The summed E-state index contributed by atoms with van der Waals surface area (Å²) in [5.74, 6) is 0.331. The number of ether oxygens (including phenoxy) is 1. The molecule has 1 amide bonds. The maximum atomic E-state index is 11.9. The number of hydrogen-bond acceptors (Lipinski definition) is 4. The van der Waals surface area contributed by atoms with E-state index in [0.717, 1.165) is 17.0 Å². The number of hydrogen-bond donors (Lipinski definition) is 1. The number of anilines is 1. The van der Waals surface area contributed by atoms with Crippen molar-refractivity contribution in [3.05, 3.63) is 24.3 Å². The quantitative estimate of drug-likeness (QED) is 0.789. The van der Waals surface area contributed by atoms with Crippen molar-refractivity contribution < 1.29 is 17.9 Å². The third-order valence-electron chi connectivity index (χ3n) is 2.73. The van der Waals surface area contributed by atoms with Crippen LogP contribution < -0.4 is 14.4 Å². The van der Waals surface area contributed by atoms with Gasteiger partial charge in [0, 0.05) is 6.04 Å². The van der Waals surface area contributed by atoms with E-state index in [9.17, 15) is 13.2 Å². The normalized spacial score (nSPS) is 11.3. The van der Waals surface area contributed by atoms with Gasteiger partial charge < -0.3 is 10.1 Å². The van der Waals surface area contributed by atoms with Crippen LogP contribution in [0.4, 0.5) is 5.69 Å². The van der Waals surface area contributed by atoms with E-state index in [1.807, 2.05) is 20.8 Å². The van der Waals surface area contributed by atoms with Crippen molar-refractivity contribution in [2.45, 2.75) is 33.2 Å². The molecule has 1 rings (SSSR count). The van der Waals surface area contributed by atoms with Gasteiger partial charge in [0.1, 0.15) is 12.3 Å². The molecule has 0 bridgehead atoms. The van der Waals surface area contributed by atoms with E-state index >= 15 is 0 Å². The largest absolute Gasteiger partial charge is 0.494 e. The molecule has 0 spiro atoms. The Balaban J connectivity index is 2.91. The van der Waals surface area contributed by atoms with Crippen molar-refractivity contribution in [3.63, 3.8) is 0 Å². The van der Waals surface area contributed by atoms with Gasteiger partial charge in [-0.2, -0.15) is 0 Å². The van der Waals surface area contributed by atoms with Gasteiger partial charge in [0.15, 0.2) is 0 Å². The summed E-state index contributed by atoms with van der Waals surface area (Å²) in [5.41, 5.74) is 0.435. The minimum absolute atomic E-state index is 0.0428. The molecule has 0 unspecified atom stereocenters. The van der Waals surface area contributed by atoms with Gasteiger partial charge in [-0.3, -0.25) is 9.10 Å². The van der Waals surface area contributed by atoms with E-state index in [4.69, 9.17) is 4.74 Å². The molecule has 0 saturated heterocycles. The topological polar surface area (TPSA) is 75.7 Å². The molecule has 0 fully saturated rings. The molecule has 7 heteroatoms. The summed E-state index contributed by atoms with van der Waals surface area (Å²) in [6.07, 6.45) is 1.98. The van der Waals surface area contributed by atoms with Gasteiger partial charge in [-0.15, -0.1) is 0 Å². The molecule has 0 aromatic heterocycles. The average molecular weight is 328 g/mol. The van der Waals surface area contributed by atoms with Gasteiger partial charge in [0.25, 0.3) is 0 Å². The van der Waals surface area contributed by atoms with E-state index in [2.05, 4.69) is 5.32 Å². The second-order valence-corrected chi connectivity index (χ2v) is 7.24. The minimum Gasteiger partial charge on any atom is -0.494 e. The Morgan fingerprint density at radius 2 is 1.86 bits per heavy atom. The summed E-state index contributed by atoms with van der Waals surface area (Å²) in [5, 5.41) is 2.68. The zero-order valence-corrected chi connectivity index (χ0v) is 14.3. The van der Waals surface area contributed by atoms with Crippen LogP contribution >= 0.6 is 0 Å². The number of benzene rings is 1. The van der Waals surface area contributed by atoms with Crippen LogP contribution in [0.5, 0.6) is 5.75 Å². The van der Waals surface area contributed by atoms with Crippen LogP contribution in [-0.4, -0.2) is 39.8 Å². The summed E-state index contributed by atoms with van der Waals surface area (Å²) in [6.45, 7) is 6.01. The fourth-order valence-corrected chi connectivity index (χ4v) is 2.68. The van der Waals surface area contributed by atoms with E-state index < -0.39 is 10.0 Å². The highest BCUT2D eigenvalue weighted by molar-refractivity contribution is 7.92. The fraction of sp³-hybridized carbons (Fsp3) is 0.533. The van der Waals surface area contributed by atoms with Crippen molar-refractivity contribution in [1.29, 1.82) is 0 Å². The van der Waals surface area contributed by atoms with Gasteiger partial charge in [0.2, 0.25) is 15.9 Å². The minimum atomic E-state index is -3.55. The highest BCUT2D eigenvalue weighted by Crippen LogP contribution is 2.21. The molecule has 1 aromatic rings. The molecular weight excluding hydrogens is 304 g/mol. The maximum Gasteiger partial charge on any atom is 0.240 e. The lowest BCUT2D eigenvalue weighted by atomic mass is 10.3. The average Bonchev–Trinajstić information content (AvgIpc) is 2.41. The van der Waals surface area contributed by atoms with Crippen LogP contribution in [0.25, 0.3) is 0 Å². The Labute approximate surface area is 132 Å². The van der Waals surface area contributed by atoms with E-state index in [-0.39, 0.29) is 18.5 Å². The van der Waals surface area contributed by atoms with Crippen molar-refractivity contribution in [1.82, 2.24) is 5.32 Å². The number of carbonyl (C=O) groups is 1. The summed E-state index contributed by atoms with van der Waals surface area (Å²) in [4.78, 5) is 11.9. The number of nitrogens with zero attached hydrogens (tertiary/aromatic N) is 1. The first-order valence-electron chi connectivity index (χ1n) is 7.24. The smallest absolute Gasteiger partial charge is 0.240 e. The molecule has 0 aliphatic heterocycles. The first-order valence-corrected chi connectivity index (χ1v) is 9.08. The maximum absolute atomic E-state index is 11.9. The fourth-order valence-electron chi connectivity index (χ4n) is 1.83. The zero-order valence-electron chi connectivity index (χ0n) is 13.5. The van der Waals surface area contributed by atoms with E-state index in [1.165, 1.54) is 0 Å². The summed E-state index contributed by atoms with van der Waals surface area (Å²) < 4.78 is 30.4. The lowest BCUT2D eigenvalue weighted by Gasteiger charge is -2.22. The van der Waals surface area contributed by atoms with Crippen molar-refractivity contribution in [2.24, 2.45) is 0 Å². The first-order chi connectivity index (χ1) is 10.2. The molecule has 1 N–H and O–H groups in total. The number of sulfonamides is 1. The molecule has 22 heavy (non-hydrogen) atoms. The van der Waals surface area contributed by atoms with Crippen LogP contribution in [0.1, 0.15) is 27.2 Å². The molecule has 0 aliphatic carbocycles. The first kappa shape index (κ1) is 18.3. The number of nitrogens with one attached hydrogen (secondary N) is 1. The Hall–Kier alpha value is -1.76. The summed E-state index contributed by atoms with van der Waals surface area (Å²) >= 11 is 0. The predicted octanol–water partition coefficient (Wildman–Crippen LogP) is 1.77. The van der Waals surface area contributed by atoms with Gasteiger partial charge in [0.05, 0.1) is 18.6 Å². The molecule has 1 aromatic carbocycles. The third kappa shape index (κ3) is 5.93. The van der Waals surface area contributed by atoms with E-state index in [1.54, 1.807) is 24.3 Å². The zero-order chi connectivity index (χ0) is 16.8. The van der Waals surface area contributed by atoms with Crippen LogP contribution in [0.3, 0.4) is 0 Å². The molecular formula is C15H24N2O4S. The van der Waals surface area contributed by atoms with Gasteiger partial charge in [-0.25, -0.2) is 8.42 Å². The van der Waals surface area contributed by atoms with Gasteiger partial charge in [-0.05, 0) is 44.5 Å². The molecule has 124 valence electrons. The van der Waals surface area contributed by atoms with Crippen molar-refractivity contribution in [3.8, 4) is 5.75 Å². The highest BCUT2D eigenvalue weighted by Gasteiger charge is 2.21. The Morgan fingerprint density at radius 1 is 1.27 bits per heavy atom. The van der Waals surface area contributed by atoms with Crippen LogP contribution in [-0.2, 0) is 14.8 Å². The molecule has 0 heterocycles. The summed E-state index contributed by atoms with van der Waals surface area (Å²) in [7, 11) is -3.55. The van der Waals surface area contributed by atoms with Crippen LogP contribution in [0.15, 0.2) is 24.3 Å². The van der Waals surface area contributed by atoms with Crippen LogP contribution in [0, 0.1) is 0 Å². The Kier molecular flexibility index (Phi) is 6.67. The number of rotatable bonds is 8. The number of carbonyl (C=O) groups excluding carboxylic acids is 1. The predicted molar refractivity (Wildman–Crippen MR) is 87.7 cm³/mol. The molecule has 0 atom stereocenters. The number of amides is 1. The lowest BCUT2D eigenvalue weighted by molar-refractivity contribution is -0.120. The Bertz CT molecular complexity index is 582. The molecule has 6 nitrogen and oxygen atoms in total. The standard InChI is InChI=1S/C15H24N2O4S/c1-5-10-21-14-8-6-13(7-9-14)17(22(4,19)20)11-15(18)16-12(2)3/h6-9,12H,5,10-11H2,1-4H3,(H,16,18). The molecule has 0 saturated carbocycles. The second-order valence-electron chi connectivity index (χ2n) is 5.33. The monoisotopic (exact) mass is 328 g/mol. The molecule has 0 aliphatic rings.